The van der Waals surface area contributed by atoms with Crippen molar-refractivity contribution >= 4 is 5.97 Å². The molecule has 2 aromatic rings. The molecule has 0 aliphatic heterocycles. The van der Waals surface area contributed by atoms with E-state index in [0.29, 0.717) is 11.6 Å². The molecule has 100 valence electrons. The molecule has 0 saturated heterocycles. The van der Waals surface area contributed by atoms with Gasteiger partial charge in [0.25, 0.3) is 0 Å². The van der Waals surface area contributed by atoms with Crippen LogP contribution in [0.1, 0.15) is 27.6 Å². The number of hydrogen-bond donors (Lipinski definition) is 1. The zero-order chi connectivity index (χ0) is 14.0. The number of aromatic carboxylic acids is 1. The van der Waals surface area contributed by atoms with E-state index in [1.165, 1.54) is 0 Å². The van der Waals surface area contributed by atoms with Crippen molar-refractivity contribution in [3.8, 4) is 5.75 Å². The van der Waals surface area contributed by atoms with Crippen LogP contribution >= 0.6 is 0 Å². The highest BCUT2D eigenvalue weighted by atomic mass is 16.5. The van der Waals surface area contributed by atoms with E-state index in [0.717, 1.165) is 11.4 Å². The predicted octanol–water partition coefficient (Wildman–Crippen LogP) is 1.71. The number of benzene rings is 1. The maximum Gasteiger partial charge on any atom is 0.339 e. The molecule has 1 aromatic carbocycles. The highest BCUT2D eigenvalue weighted by molar-refractivity contribution is 5.91. The first kappa shape index (κ1) is 13.1. The van der Waals surface area contributed by atoms with Crippen molar-refractivity contribution in [3.05, 3.63) is 41.0 Å². The van der Waals surface area contributed by atoms with E-state index >= 15 is 0 Å². The summed E-state index contributed by atoms with van der Waals surface area (Å²) in [6.45, 7) is 3.86. The molecule has 1 heterocycles. The van der Waals surface area contributed by atoms with Gasteiger partial charge in [-0.3, -0.25) is 0 Å². The Morgan fingerprint density at radius 2 is 2.11 bits per heavy atom. The molecule has 6 heteroatoms. The summed E-state index contributed by atoms with van der Waals surface area (Å²) < 4.78 is 7.33. The number of hydrogen-bond acceptors (Lipinski definition) is 4. The lowest BCUT2D eigenvalue weighted by molar-refractivity contribution is 0.0691. The third-order valence-corrected chi connectivity index (χ3v) is 2.90. The van der Waals surface area contributed by atoms with Crippen molar-refractivity contribution in [1.29, 1.82) is 0 Å². The minimum atomic E-state index is -1.01. The average Bonchev–Trinajstić information content (AvgIpc) is 2.68. The van der Waals surface area contributed by atoms with E-state index in [-0.39, 0.29) is 12.2 Å². The third-order valence-electron chi connectivity index (χ3n) is 2.90. The van der Waals surface area contributed by atoms with Crippen LogP contribution in [0.4, 0.5) is 0 Å². The van der Waals surface area contributed by atoms with Gasteiger partial charge in [0.1, 0.15) is 23.7 Å². The molecule has 19 heavy (non-hydrogen) atoms. The number of carbonyl (C=O) groups is 1. The molecule has 0 saturated carbocycles. The quantitative estimate of drug-likeness (QED) is 0.906. The first-order valence-corrected chi connectivity index (χ1v) is 5.80. The second kappa shape index (κ2) is 5.09. The van der Waals surface area contributed by atoms with Crippen molar-refractivity contribution in [3.63, 3.8) is 0 Å². The zero-order valence-corrected chi connectivity index (χ0v) is 11.0. The minimum Gasteiger partial charge on any atom is -0.485 e. The molecular formula is C13H15N3O3. The van der Waals surface area contributed by atoms with Crippen LogP contribution in [0.15, 0.2) is 18.2 Å². The van der Waals surface area contributed by atoms with Gasteiger partial charge in [-0.05, 0) is 26.0 Å². The Morgan fingerprint density at radius 3 is 2.68 bits per heavy atom. The molecule has 0 bridgehead atoms. The first-order chi connectivity index (χ1) is 8.99. The van der Waals surface area contributed by atoms with Gasteiger partial charge in [-0.25, -0.2) is 4.79 Å². The summed E-state index contributed by atoms with van der Waals surface area (Å²) in [5.41, 5.74) is 1.03. The van der Waals surface area contributed by atoms with Gasteiger partial charge >= 0.3 is 5.97 Å². The summed E-state index contributed by atoms with van der Waals surface area (Å²) in [6, 6.07) is 5.05. The Morgan fingerprint density at radius 1 is 1.37 bits per heavy atom. The summed E-state index contributed by atoms with van der Waals surface area (Å²) in [5, 5.41) is 17.0. The first-order valence-electron chi connectivity index (χ1n) is 5.80. The van der Waals surface area contributed by atoms with E-state index in [9.17, 15) is 4.79 Å². The Kier molecular flexibility index (Phi) is 3.50. The molecule has 1 N–H and O–H groups in total. The molecule has 2 rings (SSSR count). The third kappa shape index (κ3) is 2.73. The second-order valence-electron chi connectivity index (χ2n) is 4.32. The number of aryl methyl sites for hydroxylation is 2. The molecular weight excluding hydrogens is 246 g/mol. The van der Waals surface area contributed by atoms with Gasteiger partial charge in [0.05, 0.1) is 0 Å². The van der Waals surface area contributed by atoms with Gasteiger partial charge in [0.2, 0.25) is 0 Å². The standard InChI is InChI=1S/C13H15N3O3/c1-8-4-5-11(10(6-8)13(17)18)19-7-12-15-14-9(2)16(12)3/h4-6H,7H2,1-3H3,(H,17,18). The van der Waals surface area contributed by atoms with E-state index in [2.05, 4.69) is 10.2 Å². The lowest BCUT2D eigenvalue weighted by Crippen LogP contribution is -2.07. The van der Waals surface area contributed by atoms with Gasteiger partial charge < -0.3 is 14.4 Å². The van der Waals surface area contributed by atoms with Crippen LogP contribution in [0, 0.1) is 13.8 Å². The second-order valence-corrected chi connectivity index (χ2v) is 4.32. The topological polar surface area (TPSA) is 77.2 Å². The van der Waals surface area contributed by atoms with Crippen LogP contribution in [-0.4, -0.2) is 25.8 Å². The average molecular weight is 261 g/mol. The fraction of sp³-hybridized carbons (Fsp3) is 0.308. The van der Waals surface area contributed by atoms with Crippen LogP contribution in [0.5, 0.6) is 5.75 Å². The number of carboxylic acids is 1. The van der Waals surface area contributed by atoms with Crippen LogP contribution in [0.25, 0.3) is 0 Å². The van der Waals surface area contributed by atoms with Crippen molar-refractivity contribution in [2.24, 2.45) is 7.05 Å². The number of aromatic nitrogens is 3. The molecule has 0 atom stereocenters. The number of carboxylic acid groups (broad SMARTS) is 1. The van der Waals surface area contributed by atoms with E-state index in [1.54, 1.807) is 16.7 Å². The van der Waals surface area contributed by atoms with Crippen molar-refractivity contribution < 1.29 is 14.6 Å². The summed E-state index contributed by atoms with van der Waals surface area (Å²) in [5.74, 6) is 0.752. The largest absolute Gasteiger partial charge is 0.485 e. The van der Waals surface area contributed by atoms with Gasteiger partial charge in [0, 0.05) is 7.05 Å². The van der Waals surface area contributed by atoms with Crippen LogP contribution < -0.4 is 4.74 Å². The van der Waals surface area contributed by atoms with Gasteiger partial charge in [-0.2, -0.15) is 0 Å². The zero-order valence-electron chi connectivity index (χ0n) is 11.0. The lowest BCUT2D eigenvalue weighted by atomic mass is 10.1. The summed E-state index contributed by atoms with van der Waals surface area (Å²) >= 11 is 0. The molecule has 0 unspecified atom stereocenters. The number of ether oxygens (including phenoxy) is 1. The van der Waals surface area contributed by atoms with E-state index < -0.39 is 5.97 Å². The molecule has 0 fully saturated rings. The highest BCUT2D eigenvalue weighted by Crippen LogP contribution is 2.21. The Hall–Kier alpha value is -2.37. The maximum atomic E-state index is 11.1. The molecule has 0 aliphatic rings. The van der Waals surface area contributed by atoms with Crippen molar-refractivity contribution in [2.45, 2.75) is 20.5 Å². The lowest BCUT2D eigenvalue weighted by Gasteiger charge is -2.09. The molecule has 0 spiro atoms. The highest BCUT2D eigenvalue weighted by Gasteiger charge is 2.13. The summed E-state index contributed by atoms with van der Waals surface area (Å²) in [7, 11) is 1.83. The maximum absolute atomic E-state index is 11.1. The van der Waals surface area contributed by atoms with Gasteiger partial charge in [-0.15, -0.1) is 10.2 Å². The Labute approximate surface area is 110 Å². The Bertz CT molecular complexity index is 620. The van der Waals surface area contributed by atoms with E-state index in [4.69, 9.17) is 9.84 Å². The molecule has 6 nitrogen and oxygen atoms in total. The van der Waals surface area contributed by atoms with Crippen molar-refractivity contribution in [2.75, 3.05) is 0 Å². The van der Waals surface area contributed by atoms with Crippen LogP contribution in [0.3, 0.4) is 0 Å². The fourth-order valence-corrected chi connectivity index (χ4v) is 1.66. The summed E-state index contributed by atoms with van der Waals surface area (Å²) in [4.78, 5) is 11.1. The molecule has 1 aromatic heterocycles. The van der Waals surface area contributed by atoms with Crippen LogP contribution in [0.2, 0.25) is 0 Å². The number of nitrogens with zero attached hydrogens (tertiary/aromatic N) is 3. The van der Waals surface area contributed by atoms with Gasteiger partial charge in [0.15, 0.2) is 5.82 Å². The summed E-state index contributed by atoms with van der Waals surface area (Å²) in [6.07, 6.45) is 0. The molecule has 0 radical (unpaired) electrons. The monoisotopic (exact) mass is 261 g/mol. The Balaban J connectivity index is 2.20. The fourth-order valence-electron chi connectivity index (χ4n) is 1.66. The molecule has 0 amide bonds. The van der Waals surface area contributed by atoms with Crippen molar-refractivity contribution in [1.82, 2.24) is 14.8 Å². The minimum absolute atomic E-state index is 0.152. The SMILES string of the molecule is Cc1ccc(OCc2nnc(C)n2C)c(C(=O)O)c1. The van der Waals surface area contributed by atoms with E-state index in [1.807, 2.05) is 27.0 Å². The number of rotatable bonds is 4. The molecule has 0 aliphatic carbocycles. The normalized spacial score (nSPS) is 10.5. The van der Waals surface area contributed by atoms with Gasteiger partial charge in [-0.1, -0.05) is 11.6 Å². The smallest absolute Gasteiger partial charge is 0.339 e. The van der Waals surface area contributed by atoms with Crippen LogP contribution in [-0.2, 0) is 13.7 Å². The predicted molar refractivity (Wildman–Crippen MR) is 68.2 cm³/mol.